The molecule has 1 aromatic rings. The fourth-order valence-corrected chi connectivity index (χ4v) is 1.40. The molecule has 0 aromatic carbocycles. The molecule has 0 amide bonds. The second-order valence-electron chi connectivity index (χ2n) is 3.07. The lowest BCUT2D eigenvalue weighted by atomic mass is 10.6. The molecule has 0 unspecified atom stereocenters. The molecular formula is C9H11NO7S. The van der Waals surface area contributed by atoms with Gasteiger partial charge >= 0.3 is 6.16 Å². The van der Waals surface area contributed by atoms with E-state index in [2.05, 4.69) is 16.2 Å². The highest BCUT2D eigenvalue weighted by Gasteiger charge is 2.14. The zero-order valence-electron chi connectivity index (χ0n) is 9.14. The highest BCUT2D eigenvalue weighted by atomic mass is 32.2. The first-order valence-corrected chi connectivity index (χ1v) is 6.37. The number of carbonyl (C=O) groups excluding carboxylic acids is 1. The average molecular weight is 277 g/mol. The van der Waals surface area contributed by atoms with E-state index in [1.54, 1.807) is 0 Å². The Morgan fingerprint density at radius 3 is 2.44 bits per heavy atom. The fraction of sp³-hybridized carbons (Fsp3) is 0.222. The van der Waals surface area contributed by atoms with Gasteiger partial charge in [0.25, 0.3) is 0 Å². The van der Waals surface area contributed by atoms with Gasteiger partial charge in [-0.25, -0.2) is 13.2 Å². The number of sulfone groups is 1. The van der Waals surface area contributed by atoms with Gasteiger partial charge in [0.1, 0.15) is 6.61 Å². The molecule has 18 heavy (non-hydrogen) atoms. The minimum atomic E-state index is -3.47. The third-order valence-corrected chi connectivity index (χ3v) is 3.05. The maximum Gasteiger partial charge on any atom is 0.533 e. The summed E-state index contributed by atoms with van der Waals surface area (Å²) in [5.41, 5.74) is 0. The quantitative estimate of drug-likeness (QED) is 0.729. The van der Waals surface area contributed by atoms with Gasteiger partial charge in [-0.2, -0.15) is 0 Å². The van der Waals surface area contributed by atoms with E-state index < -0.39 is 40.1 Å². The molecule has 0 saturated carbocycles. The fourth-order valence-electron chi connectivity index (χ4n) is 0.921. The Morgan fingerprint density at radius 2 is 1.94 bits per heavy atom. The van der Waals surface area contributed by atoms with Gasteiger partial charge in [-0.15, -0.1) is 4.73 Å². The summed E-state index contributed by atoms with van der Waals surface area (Å²) in [7, 11) is -3.47. The van der Waals surface area contributed by atoms with Crippen molar-refractivity contribution in [2.24, 2.45) is 0 Å². The number of aromatic hydroxyl groups is 2. The molecule has 0 atom stereocenters. The van der Waals surface area contributed by atoms with Gasteiger partial charge in [0.15, 0.2) is 9.84 Å². The normalized spacial score (nSPS) is 10.9. The molecule has 8 nitrogen and oxygen atoms in total. The van der Waals surface area contributed by atoms with Crippen LogP contribution in [-0.2, 0) is 14.6 Å². The predicted octanol–water partition coefficient (Wildman–Crippen LogP) is 0.0228. The van der Waals surface area contributed by atoms with Crippen molar-refractivity contribution in [3.8, 4) is 11.8 Å². The van der Waals surface area contributed by atoms with Crippen molar-refractivity contribution < 1.29 is 33.0 Å². The van der Waals surface area contributed by atoms with Crippen molar-refractivity contribution in [2.75, 3.05) is 12.4 Å². The number of aromatic nitrogens is 1. The summed E-state index contributed by atoms with van der Waals surface area (Å²) in [5.74, 6) is -1.46. The minimum Gasteiger partial charge on any atom is -0.492 e. The first kappa shape index (κ1) is 13.9. The molecule has 0 radical (unpaired) electrons. The Labute approximate surface area is 103 Å². The van der Waals surface area contributed by atoms with Crippen molar-refractivity contribution in [3.05, 3.63) is 24.1 Å². The first-order chi connectivity index (χ1) is 8.35. The summed E-state index contributed by atoms with van der Waals surface area (Å²) >= 11 is 0. The van der Waals surface area contributed by atoms with Gasteiger partial charge in [-0.05, 0) is 0 Å². The summed E-state index contributed by atoms with van der Waals surface area (Å²) in [6.07, 6.45) is -1.27. The number of ether oxygens (including phenoxy) is 1. The summed E-state index contributed by atoms with van der Waals surface area (Å²) in [4.78, 5) is 15.5. The smallest absolute Gasteiger partial charge is 0.492 e. The third kappa shape index (κ3) is 3.70. The van der Waals surface area contributed by atoms with Gasteiger partial charge in [0, 0.05) is 17.5 Å². The number of hydrogen-bond acceptors (Lipinski definition) is 7. The summed E-state index contributed by atoms with van der Waals surface area (Å²) in [6, 6.07) is 2.18. The van der Waals surface area contributed by atoms with Crippen molar-refractivity contribution in [1.29, 1.82) is 0 Å². The largest absolute Gasteiger partial charge is 0.533 e. The molecule has 0 bridgehead atoms. The molecule has 100 valence electrons. The van der Waals surface area contributed by atoms with Crippen LogP contribution in [0.4, 0.5) is 4.79 Å². The van der Waals surface area contributed by atoms with Gasteiger partial charge in [0.2, 0.25) is 11.8 Å². The molecule has 1 rings (SSSR count). The van der Waals surface area contributed by atoms with Crippen LogP contribution in [0.1, 0.15) is 0 Å². The third-order valence-electron chi connectivity index (χ3n) is 1.81. The second kappa shape index (κ2) is 5.45. The number of hydrogen-bond donors (Lipinski definition) is 2. The van der Waals surface area contributed by atoms with Crippen molar-refractivity contribution in [3.63, 3.8) is 0 Å². The van der Waals surface area contributed by atoms with Crippen LogP contribution in [0.5, 0.6) is 11.8 Å². The molecule has 0 aliphatic heterocycles. The predicted molar refractivity (Wildman–Crippen MR) is 59.7 cm³/mol. The maximum absolute atomic E-state index is 11.1. The zero-order valence-corrected chi connectivity index (χ0v) is 9.96. The van der Waals surface area contributed by atoms with E-state index in [0.717, 1.165) is 17.5 Å². The van der Waals surface area contributed by atoms with Gasteiger partial charge in [-0.1, -0.05) is 6.58 Å². The van der Waals surface area contributed by atoms with Crippen LogP contribution in [-0.4, -0.2) is 41.9 Å². The molecule has 0 aliphatic rings. The Kier molecular flexibility index (Phi) is 4.21. The van der Waals surface area contributed by atoms with E-state index in [1.165, 1.54) is 0 Å². The molecule has 0 aliphatic carbocycles. The topological polar surface area (TPSA) is 115 Å². The lowest BCUT2D eigenvalue weighted by molar-refractivity contribution is 0.0390. The second-order valence-corrected chi connectivity index (χ2v) is 5.13. The summed E-state index contributed by atoms with van der Waals surface area (Å²) in [6.45, 7) is 2.65. The number of carbonyl (C=O) groups is 1. The van der Waals surface area contributed by atoms with Crippen molar-refractivity contribution in [1.82, 2.24) is 4.73 Å². The van der Waals surface area contributed by atoms with Gasteiger partial charge < -0.3 is 14.9 Å². The van der Waals surface area contributed by atoms with Crippen LogP contribution in [0.2, 0.25) is 0 Å². The molecule has 0 spiro atoms. The SMILES string of the molecule is C=CS(=O)(=O)CCOC(=O)On1c(O)ccc1O. The average Bonchev–Trinajstić information content (AvgIpc) is 2.60. The number of rotatable bonds is 5. The molecule has 9 heteroatoms. The van der Waals surface area contributed by atoms with Crippen LogP contribution < -0.4 is 4.84 Å². The Hall–Kier alpha value is -2.16. The highest BCUT2D eigenvalue weighted by molar-refractivity contribution is 7.94. The van der Waals surface area contributed by atoms with Crippen molar-refractivity contribution >= 4 is 16.0 Å². The first-order valence-electron chi connectivity index (χ1n) is 4.65. The zero-order chi connectivity index (χ0) is 13.8. The standard InChI is InChI=1S/C9H11NO7S/c1-2-18(14,15)6-5-16-9(13)17-10-7(11)3-4-8(10)12/h2-4,11-12H,1,5-6H2. The Bertz CT molecular complexity index is 526. The summed E-state index contributed by atoms with van der Waals surface area (Å²) < 4.78 is 26.8. The monoisotopic (exact) mass is 277 g/mol. The summed E-state index contributed by atoms with van der Waals surface area (Å²) in [5, 5.41) is 19.0. The van der Waals surface area contributed by atoms with Crippen LogP contribution in [0.25, 0.3) is 0 Å². The van der Waals surface area contributed by atoms with E-state index in [0.29, 0.717) is 4.73 Å². The maximum atomic E-state index is 11.1. The lowest BCUT2D eigenvalue weighted by Crippen LogP contribution is -2.22. The van der Waals surface area contributed by atoms with E-state index in [1.807, 2.05) is 0 Å². The molecule has 0 saturated heterocycles. The van der Waals surface area contributed by atoms with Crippen LogP contribution in [0.3, 0.4) is 0 Å². The lowest BCUT2D eigenvalue weighted by Gasteiger charge is -2.07. The van der Waals surface area contributed by atoms with Gasteiger partial charge in [0.05, 0.1) is 5.75 Å². The molecule has 2 N–H and O–H groups in total. The highest BCUT2D eigenvalue weighted by Crippen LogP contribution is 2.18. The molecule has 1 heterocycles. The number of nitrogens with zero attached hydrogens (tertiary/aromatic N) is 1. The minimum absolute atomic E-state index is 0.421. The Morgan fingerprint density at radius 1 is 1.39 bits per heavy atom. The van der Waals surface area contributed by atoms with E-state index in [9.17, 15) is 13.2 Å². The van der Waals surface area contributed by atoms with Crippen LogP contribution >= 0.6 is 0 Å². The van der Waals surface area contributed by atoms with Gasteiger partial charge in [-0.3, -0.25) is 4.84 Å². The molecule has 0 fully saturated rings. The van der Waals surface area contributed by atoms with Crippen LogP contribution in [0, 0.1) is 0 Å². The molecule has 1 aromatic heterocycles. The Balaban J connectivity index is 2.46. The molecular weight excluding hydrogens is 266 g/mol. The van der Waals surface area contributed by atoms with Crippen LogP contribution in [0.15, 0.2) is 24.1 Å². The van der Waals surface area contributed by atoms with E-state index in [4.69, 9.17) is 10.2 Å². The van der Waals surface area contributed by atoms with E-state index in [-0.39, 0.29) is 0 Å². The van der Waals surface area contributed by atoms with E-state index >= 15 is 0 Å². The van der Waals surface area contributed by atoms with Crippen molar-refractivity contribution in [2.45, 2.75) is 0 Å².